The van der Waals surface area contributed by atoms with Gasteiger partial charge >= 0.3 is 0 Å². The first-order valence-electron chi connectivity index (χ1n) is 5.56. The molecule has 0 saturated carbocycles. The lowest BCUT2D eigenvalue weighted by Crippen LogP contribution is -2.31. The molecular formula is C10H19N5O2. The summed E-state index contributed by atoms with van der Waals surface area (Å²) in [5, 5.41) is 17.9. The van der Waals surface area contributed by atoms with Crippen LogP contribution in [-0.4, -0.2) is 46.5 Å². The Morgan fingerprint density at radius 3 is 2.41 bits per heavy atom. The second-order valence-corrected chi connectivity index (χ2v) is 3.46. The van der Waals surface area contributed by atoms with Gasteiger partial charge in [0, 0.05) is 25.6 Å². The van der Waals surface area contributed by atoms with Gasteiger partial charge in [0.15, 0.2) is 0 Å². The molecule has 0 radical (unpaired) electrons. The molecule has 0 bridgehead atoms. The summed E-state index contributed by atoms with van der Waals surface area (Å²) in [4.78, 5) is 10.3. The third-order valence-corrected chi connectivity index (χ3v) is 2.29. The second kappa shape index (κ2) is 7.00. The topological polar surface area (TPSA) is 108 Å². The van der Waals surface area contributed by atoms with Gasteiger partial charge in [-0.3, -0.25) is 0 Å². The molecule has 0 atom stereocenters. The largest absolute Gasteiger partial charge is 0.395 e. The number of hydrogen-bond acceptors (Lipinski definition) is 7. The molecule has 1 heterocycles. The number of hydrazine groups is 1. The minimum Gasteiger partial charge on any atom is -0.395 e. The van der Waals surface area contributed by atoms with Crippen LogP contribution in [0.15, 0.2) is 6.07 Å². The summed E-state index contributed by atoms with van der Waals surface area (Å²) < 4.78 is 0. The first-order chi connectivity index (χ1) is 8.24. The summed E-state index contributed by atoms with van der Waals surface area (Å²) in [6.45, 7) is 2.75. The van der Waals surface area contributed by atoms with Crippen molar-refractivity contribution in [2.75, 3.05) is 36.6 Å². The number of aliphatic hydroxyl groups excluding tert-OH is 2. The molecule has 0 amide bonds. The number of rotatable bonds is 7. The molecule has 0 spiro atoms. The average molecular weight is 241 g/mol. The van der Waals surface area contributed by atoms with Crippen molar-refractivity contribution in [2.45, 2.75) is 13.3 Å². The summed E-state index contributed by atoms with van der Waals surface area (Å²) in [7, 11) is 0. The number of aryl methyl sites for hydroxylation is 1. The van der Waals surface area contributed by atoms with Crippen molar-refractivity contribution in [3.63, 3.8) is 0 Å². The van der Waals surface area contributed by atoms with E-state index in [2.05, 4.69) is 15.4 Å². The molecule has 96 valence electrons. The van der Waals surface area contributed by atoms with Crippen molar-refractivity contribution in [1.29, 1.82) is 0 Å². The lowest BCUT2D eigenvalue weighted by atomic mass is 10.4. The third-order valence-electron chi connectivity index (χ3n) is 2.29. The third kappa shape index (κ3) is 3.81. The zero-order valence-corrected chi connectivity index (χ0v) is 9.93. The molecule has 7 heteroatoms. The van der Waals surface area contributed by atoms with Crippen LogP contribution >= 0.6 is 0 Å². The zero-order chi connectivity index (χ0) is 12.7. The van der Waals surface area contributed by atoms with Gasteiger partial charge in [0.05, 0.1) is 13.2 Å². The normalized spacial score (nSPS) is 10.4. The van der Waals surface area contributed by atoms with Crippen LogP contribution in [0.5, 0.6) is 0 Å². The Balaban J connectivity index is 2.99. The van der Waals surface area contributed by atoms with Crippen molar-refractivity contribution in [2.24, 2.45) is 5.84 Å². The predicted molar refractivity (Wildman–Crippen MR) is 65.6 cm³/mol. The van der Waals surface area contributed by atoms with Crippen molar-refractivity contribution in [1.82, 2.24) is 9.97 Å². The smallest absolute Gasteiger partial charge is 0.145 e. The molecule has 17 heavy (non-hydrogen) atoms. The van der Waals surface area contributed by atoms with E-state index in [4.69, 9.17) is 16.1 Å². The SMILES string of the molecule is CCc1nc(NN)cc(N(CCO)CCO)n1. The van der Waals surface area contributed by atoms with Gasteiger partial charge in [0.2, 0.25) is 0 Å². The number of aliphatic hydroxyl groups is 2. The Kier molecular flexibility index (Phi) is 5.61. The average Bonchev–Trinajstić information content (AvgIpc) is 2.37. The Bertz CT molecular complexity index is 319. The van der Waals surface area contributed by atoms with E-state index in [1.807, 2.05) is 6.92 Å². The Morgan fingerprint density at radius 2 is 1.94 bits per heavy atom. The maximum Gasteiger partial charge on any atom is 0.145 e. The van der Waals surface area contributed by atoms with Crippen LogP contribution in [0.1, 0.15) is 12.7 Å². The standard InChI is InChI=1S/C10H19N5O2/c1-2-8-12-9(14-11)7-10(13-8)15(3-5-16)4-6-17/h7,16-17H,2-6,11H2,1H3,(H,12,13,14). The van der Waals surface area contributed by atoms with E-state index in [1.54, 1.807) is 11.0 Å². The highest BCUT2D eigenvalue weighted by atomic mass is 16.3. The van der Waals surface area contributed by atoms with Crippen molar-refractivity contribution in [3.8, 4) is 0 Å². The van der Waals surface area contributed by atoms with E-state index < -0.39 is 0 Å². The number of hydrogen-bond donors (Lipinski definition) is 4. The molecule has 0 fully saturated rings. The van der Waals surface area contributed by atoms with Gasteiger partial charge in [-0.2, -0.15) is 0 Å². The molecular weight excluding hydrogens is 222 g/mol. The highest BCUT2D eigenvalue weighted by Gasteiger charge is 2.10. The number of nitrogens with zero attached hydrogens (tertiary/aromatic N) is 3. The summed E-state index contributed by atoms with van der Waals surface area (Å²) in [6, 6.07) is 1.68. The number of nitrogens with two attached hydrogens (primary N) is 1. The molecule has 1 rings (SSSR count). The molecule has 0 aliphatic heterocycles. The number of nitrogens with one attached hydrogen (secondary N) is 1. The number of aromatic nitrogens is 2. The quantitative estimate of drug-likeness (QED) is 0.362. The zero-order valence-electron chi connectivity index (χ0n) is 9.93. The highest BCUT2D eigenvalue weighted by Crippen LogP contribution is 2.15. The minimum atomic E-state index is -0.00313. The van der Waals surface area contributed by atoms with Gasteiger partial charge in [0.25, 0.3) is 0 Å². The maximum absolute atomic E-state index is 8.97. The van der Waals surface area contributed by atoms with Crippen LogP contribution < -0.4 is 16.2 Å². The Hall–Kier alpha value is -1.44. The molecule has 1 aromatic heterocycles. The summed E-state index contributed by atoms with van der Waals surface area (Å²) in [6.07, 6.45) is 0.689. The van der Waals surface area contributed by atoms with Gasteiger partial charge in [-0.25, -0.2) is 15.8 Å². The van der Waals surface area contributed by atoms with Crippen LogP contribution in [0.4, 0.5) is 11.6 Å². The molecule has 0 aromatic carbocycles. The fourth-order valence-corrected chi connectivity index (χ4v) is 1.46. The van der Waals surface area contributed by atoms with Gasteiger partial charge in [-0.05, 0) is 0 Å². The molecule has 7 nitrogen and oxygen atoms in total. The van der Waals surface area contributed by atoms with E-state index in [0.717, 1.165) is 0 Å². The van der Waals surface area contributed by atoms with E-state index in [0.29, 0.717) is 37.0 Å². The van der Waals surface area contributed by atoms with Gasteiger partial charge in [0.1, 0.15) is 17.5 Å². The molecule has 0 aliphatic rings. The van der Waals surface area contributed by atoms with E-state index >= 15 is 0 Å². The summed E-state index contributed by atoms with van der Waals surface area (Å²) >= 11 is 0. The minimum absolute atomic E-state index is 0.00313. The van der Waals surface area contributed by atoms with Crippen LogP contribution in [0.2, 0.25) is 0 Å². The lowest BCUT2D eigenvalue weighted by Gasteiger charge is -2.22. The monoisotopic (exact) mass is 241 g/mol. The van der Waals surface area contributed by atoms with Gasteiger partial charge in [-0.1, -0.05) is 6.92 Å². The molecule has 5 N–H and O–H groups in total. The molecule has 1 aromatic rings. The molecule has 0 aliphatic carbocycles. The molecule has 0 unspecified atom stereocenters. The van der Waals surface area contributed by atoms with E-state index in [9.17, 15) is 0 Å². The second-order valence-electron chi connectivity index (χ2n) is 3.46. The molecule has 0 saturated heterocycles. The van der Waals surface area contributed by atoms with E-state index in [1.165, 1.54) is 0 Å². The van der Waals surface area contributed by atoms with Crippen LogP contribution in [0, 0.1) is 0 Å². The van der Waals surface area contributed by atoms with Gasteiger partial charge in [-0.15, -0.1) is 0 Å². The van der Waals surface area contributed by atoms with Crippen LogP contribution in [-0.2, 0) is 6.42 Å². The summed E-state index contributed by atoms with van der Waals surface area (Å²) in [5.41, 5.74) is 2.48. The maximum atomic E-state index is 8.97. The van der Waals surface area contributed by atoms with Crippen molar-refractivity contribution in [3.05, 3.63) is 11.9 Å². The van der Waals surface area contributed by atoms with E-state index in [-0.39, 0.29) is 13.2 Å². The fourth-order valence-electron chi connectivity index (χ4n) is 1.46. The highest BCUT2D eigenvalue weighted by molar-refractivity contribution is 5.48. The first-order valence-corrected chi connectivity index (χ1v) is 5.56. The Labute approximate surface area is 100 Å². The van der Waals surface area contributed by atoms with Crippen molar-refractivity contribution < 1.29 is 10.2 Å². The Morgan fingerprint density at radius 1 is 1.29 bits per heavy atom. The van der Waals surface area contributed by atoms with Crippen LogP contribution in [0.3, 0.4) is 0 Å². The number of nitrogen functional groups attached to an aromatic ring is 1. The predicted octanol–water partition coefficient (Wildman–Crippen LogP) is -0.884. The van der Waals surface area contributed by atoms with Crippen molar-refractivity contribution >= 4 is 11.6 Å². The van der Waals surface area contributed by atoms with Gasteiger partial charge < -0.3 is 20.5 Å². The number of anilines is 2. The first kappa shape index (κ1) is 13.6. The van der Waals surface area contributed by atoms with Crippen LogP contribution in [0.25, 0.3) is 0 Å². The lowest BCUT2D eigenvalue weighted by molar-refractivity contribution is 0.280. The summed E-state index contributed by atoms with van der Waals surface area (Å²) in [5.74, 6) is 7.16. The fraction of sp³-hybridized carbons (Fsp3) is 0.600.